The highest BCUT2D eigenvalue weighted by Crippen LogP contribution is 2.51. The molecule has 0 bridgehead atoms. The quantitative estimate of drug-likeness (QED) is 0.0378. The third-order valence-electron chi connectivity index (χ3n) is 7.40. The highest BCUT2D eigenvalue weighted by molar-refractivity contribution is 7.99. The Hall–Kier alpha value is -0.850. The van der Waals surface area contributed by atoms with Crippen LogP contribution in [0.4, 0.5) is 4.79 Å². The highest BCUT2D eigenvalue weighted by Gasteiger charge is 2.39. The fourth-order valence-electron chi connectivity index (χ4n) is 4.72. The Bertz CT molecular complexity index is 808. The average molecular weight is 629 g/mol. The molecule has 0 aromatic heterocycles. The highest BCUT2D eigenvalue weighted by atomic mass is 32.2. The third-order valence-corrected chi connectivity index (χ3v) is 10.5. The van der Waals surface area contributed by atoms with Crippen molar-refractivity contribution >= 4 is 25.1 Å². The molecule has 3 unspecified atom stereocenters. The first-order valence-corrected chi connectivity index (χ1v) is 19.5. The van der Waals surface area contributed by atoms with E-state index in [4.69, 9.17) is 18.8 Å². The molecule has 0 spiro atoms. The van der Waals surface area contributed by atoms with Crippen LogP contribution >= 0.6 is 19.4 Å². The lowest BCUT2D eigenvalue weighted by atomic mass is 10.1. The topological polar surface area (TPSA) is 71.1 Å². The second-order valence-corrected chi connectivity index (χ2v) is 14.6. The van der Waals surface area contributed by atoms with Crippen molar-refractivity contribution in [2.75, 3.05) is 12.4 Å². The van der Waals surface area contributed by atoms with E-state index >= 15 is 0 Å². The summed E-state index contributed by atoms with van der Waals surface area (Å²) in [5.41, 5.74) is -0.293. The van der Waals surface area contributed by atoms with Gasteiger partial charge in [-0.1, -0.05) is 147 Å². The molecule has 244 valence electrons. The molecular formula is C34H61O6PS. The fraction of sp³-hybridized carbons (Fsp3) is 0.794. The van der Waals surface area contributed by atoms with Gasteiger partial charge in [-0.2, -0.15) is 16.6 Å². The van der Waals surface area contributed by atoms with Crippen molar-refractivity contribution in [2.24, 2.45) is 0 Å². The van der Waals surface area contributed by atoms with E-state index in [2.05, 4.69) is 13.8 Å². The van der Waals surface area contributed by atoms with E-state index < -0.39 is 13.3 Å². The molecule has 8 heteroatoms. The van der Waals surface area contributed by atoms with Gasteiger partial charge in [-0.25, -0.2) is 9.36 Å². The van der Waals surface area contributed by atoms with Crippen LogP contribution in [0, 0.1) is 0 Å². The Morgan fingerprint density at radius 3 is 1.86 bits per heavy atom. The van der Waals surface area contributed by atoms with Crippen molar-refractivity contribution < 1.29 is 28.2 Å². The molecule has 42 heavy (non-hydrogen) atoms. The molecule has 0 N–H and O–H groups in total. The smallest absolute Gasteiger partial charge is 0.301 e. The number of unbranched alkanes of at least 4 members (excludes halogenated alkanes) is 14. The maximum Gasteiger partial charge on any atom is 0.452 e. The number of carbonyl (C=O) groups excluding carboxylic acids is 1. The van der Waals surface area contributed by atoms with E-state index in [9.17, 15) is 9.36 Å². The molecule has 6 nitrogen and oxygen atoms in total. The second-order valence-electron chi connectivity index (χ2n) is 11.4. The average Bonchev–Trinajstić information content (AvgIpc) is 3.01. The van der Waals surface area contributed by atoms with E-state index in [0.29, 0.717) is 6.42 Å². The van der Waals surface area contributed by atoms with E-state index in [1.165, 1.54) is 96.3 Å². The van der Waals surface area contributed by atoms with Crippen LogP contribution in [0.15, 0.2) is 30.3 Å². The number of hydrogen-bond donors (Lipinski definition) is 0. The van der Waals surface area contributed by atoms with Crippen LogP contribution in [0.2, 0.25) is 0 Å². The summed E-state index contributed by atoms with van der Waals surface area (Å²) < 4.78 is 24.2. The van der Waals surface area contributed by atoms with E-state index in [-0.39, 0.29) is 24.6 Å². The van der Waals surface area contributed by atoms with Gasteiger partial charge in [0.25, 0.3) is 0 Å². The van der Waals surface area contributed by atoms with Crippen molar-refractivity contribution in [3.63, 3.8) is 0 Å². The van der Waals surface area contributed by atoms with Crippen molar-refractivity contribution in [2.45, 2.75) is 161 Å². The minimum Gasteiger partial charge on any atom is -0.301 e. The van der Waals surface area contributed by atoms with Gasteiger partial charge in [0.05, 0.1) is 13.2 Å². The molecule has 0 radical (unpaired) electrons. The Labute approximate surface area is 262 Å². The Morgan fingerprint density at radius 2 is 1.29 bits per heavy atom. The summed E-state index contributed by atoms with van der Waals surface area (Å²) in [5.74, 6) is 1.07. The molecule has 0 heterocycles. The Morgan fingerprint density at radius 1 is 0.738 bits per heavy atom. The van der Waals surface area contributed by atoms with Crippen molar-refractivity contribution in [1.82, 2.24) is 0 Å². The van der Waals surface area contributed by atoms with Crippen LogP contribution in [0.3, 0.4) is 0 Å². The molecule has 0 amide bonds. The van der Waals surface area contributed by atoms with Crippen LogP contribution < -0.4 is 0 Å². The molecule has 1 aromatic carbocycles. The van der Waals surface area contributed by atoms with Crippen LogP contribution in [-0.2, 0) is 30.0 Å². The summed E-state index contributed by atoms with van der Waals surface area (Å²) in [6.07, 6.45) is 21.9. The first kappa shape index (κ1) is 39.2. The first-order chi connectivity index (χ1) is 20.5. The lowest BCUT2D eigenvalue weighted by Crippen LogP contribution is -2.25. The van der Waals surface area contributed by atoms with Crippen LogP contribution in [-0.4, -0.2) is 29.4 Å². The molecule has 0 saturated heterocycles. The second kappa shape index (κ2) is 26.5. The molecule has 1 aromatic rings. The summed E-state index contributed by atoms with van der Waals surface area (Å²) in [6, 6.07) is 9.28. The lowest BCUT2D eigenvalue weighted by Gasteiger charge is -2.23. The third kappa shape index (κ3) is 19.4. The zero-order valence-electron chi connectivity index (χ0n) is 27.2. The Balaban J connectivity index is 2.54. The Kier molecular flexibility index (Phi) is 24.8. The van der Waals surface area contributed by atoms with Crippen molar-refractivity contribution in [3.05, 3.63) is 35.9 Å². The largest absolute Gasteiger partial charge is 0.452 e. The zero-order valence-corrected chi connectivity index (χ0v) is 28.9. The number of benzene rings is 1. The SMILES string of the molecule is CCCCCCCCCCCCSC(CCCCCCCC)C(C)OOC(=O)P(=O)(OCCC)OCc1ccccc1. The molecule has 0 aliphatic heterocycles. The monoisotopic (exact) mass is 628 g/mol. The van der Waals surface area contributed by atoms with E-state index in [1.54, 1.807) is 0 Å². The fourth-order valence-corrected chi connectivity index (χ4v) is 7.20. The van der Waals surface area contributed by atoms with E-state index in [0.717, 1.165) is 24.2 Å². The van der Waals surface area contributed by atoms with Gasteiger partial charge in [-0.05, 0) is 37.5 Å². The normalized spacial score (nSPS) is 14.4. The summed E-state index contributed by atoms with van der Waals surface area (Å²) in [4.78, 5) is 23.6. The standard InChI is InChI=1S/C34H61O6PS/c1-5-8-10-12-14-15-16-17-19-24-29-42-33(27-23-18-13-11-9-6-2)31(4)39-40-34(35)41(36,37-28-7-3)38-30-32-25-21-20-22-26-32/h20-22,25-26,31,33H,5-19,23-24,27-30H2,1-4H3. The van der Waals surface area contributed by atoms with Gasteiger partial charge in [0, 0.05) is 5.25 Å². The molecular weight excluding hydrogens is 567 g/mol. The summed E-state index contributed by atoms with van der Waals surface area (Å²) in [5, 5.41) is 0.198. The van der Waals surface area contributed by atoms with Gasteiger partial charge in [-0.15, -0.1) is 0 Å². The molecule has 0 aliphatic carbocycles. The van der Waals surface area contributed by atoms with Gasteiger partial charge in [-0.3, -0.25) is 9.41 Å². The van der Waals surface area contributed by atoms with Gasteiger partial charge >= 0.3 is 13.3 Å². The predicted molar refractivity (Wildman–Crippen MR) is 178 cm³/mol. The first-order valence-electron chi connectivity index (χ1n) is 16.9. The van der Waals surface area contributed by atoms with Gasteiger partial charge in [0.1, 0.15) is 6.10 Å². The van der Waals surface area contributed by atoms with Crippen molar-refractivity contribution in [1.29, 1.82) is 0 Å². The van der Waals surface area contributed by atoms with E-state index in [1.807, 2.05) is 55.9 Å². The van der Waals surface area contributed by atoms with Crippen LogP contribution in [0.25, 0.3) is 0 Å². The van der Waals surface area contributed by atoms with Crippen molar-refractivity contribution in [3.8, 4) is 0 Å². The minimum absolute atomic E-state index is 0.0121. The van der Waals surface area contributed by atoms with Crippen LogP contribution in [0.1, 0.15) is 149 Å². The van der Waals surface area contributed by atoms with Gasteiger partial charge in [0.15, 0.2) is 0 Å². The maximum atomic E-state index is 13.3. The number of carbonyl (C=O) groups is 1. The maximum absolute atomic E-state index is 13.3. The molecule has 0 saturated carbocycles. The summed E-state index contributed by atoms with van der Waals surface area (Å²) >= 11 is 1.91. The molecule has 0 aliphatic rings. The number of hydrogen-bond acceptors (Lipinski definition) is 7. The minimum atomic E-state index is -4.16. The molecule has 0 fully saturated rings. The molecule has 3 atom stereocenters. The predicted octanol–water partition coefficient (Wildman–Crippen LogP) is 12.1. The molecule has 1 rings (SSSR count). The number of thioether (sulfide) groups is 1. The summed E-state index contributed by atoms with van der Waals surface area (Å²) in [6.45, 7) is 8.43. The van der Waals surface area contributed by atoms with Gasteiger partial charge < -0.3 is 4.52 Å². The lowest BCUT2D eigenvalue weighted by molar-refractivity contribution is -0.262. The summed E-state index contributed by atoms with van der Waals surface area (Å²) in [7, 11) is -4.16. The number of rotatable bonds is 29. The van der Waals surface area contributed by atoms with Crippen LogP contribution in [0.5, 0.6) is 0 Å². The zero-order chi connectivity index (χ0) is 30.7. The van der Waals surface area contributed by atoms with Gasteiger partial charge in [0.2, 0.25) is 0 Å².